The fourth-order valence-electron chi connectivity index (χ4n) is 3.89. The maximum Gasteiger partial charge on any atom is 0.254 e. The number of ether oxygens (including phenoxy) is 1. The van der Waals surface area contributed by atoms with Crippen molar-refractivity contribution in [3.05, 3.63) is 58.8 Å². The summed E-state index contributed by atoms with van der Waals surface area (Å²) in [7, 11) is 3.23. The summed E-state index contributed by atoms with van der Waals surface area (Å²) in [6.45, 7) is 1.49. The van der Waals surface area contributed by atoms with E-state index in [1.165, 1.54) is 34.0 Å². The maximum atomic E-state index is 14.1. The Kier molecular flexibility index (Phi) is 6.00. The van der Waals surface area contributed by atoms with Gasteiger partial charge < -0.3 is 20.7 Å². The topological polar surface area (TPSA) is 139 Å². The van der Waals surface area contributed by atoms with Gasteiger partial charge in [0.05, 0.1) is 18.8 Å². The Bertz CT molecular complexity index is 1350. The number of anilines is 1. The first-order valence-corrected chi connectivity index (χ1v) is 10.4. The average Bonchev–Trinajstić information content (AvgIpc) is 3.13. The van der Waals surface area contributed by atoms with Crippen LogP contribution in [0.25, 0.3) is 11.1 Å². The molecule has 0 unspecified atom stereocenters. The highest BCUT2D eigenvalue weighted by Gasteiger charge is 2.27. The highest BCUT2D eigenvalue weighted by molar-refractivity contribution is 5.96. The first kappa shape index (κ1) is 22.9. The van der Waals surface area contributed by atoms with Crippen LogP contribution < -0.4 is 15.8 Å². The molecule has 0 aliphatic carbocycles. The van der Waals surface area contributed by atoms with E-state index < -0.39 is 17.8 Å². The van der Waals surface area contributed by atoms with Gasteiger partial charge in [-0.1, -0.05) is 0 Å². The summed E-state index contributed by atoms with van der Waals surface area (Å²) in [5.74, 6) is -1.09. The molecule has 3 aromatic rings. The Morgan fingerprint density at radius 3 is 2.85 bits per heavy atom. The lowest BCUT2D eigenvalue weighted by molar-refractivity contribution is -0.114. The Morgan fingerprint density at radius 2 is 2.15 bits per heavy atom. The van der Waals surface area contributed by atoms with Gasteiger partial charge in [-0.25, -0.2) is 9.37 Å². The van der Waals surface area contributed by atoms with Crippen molar-refractivity contribution < 1.29 is 18.7 Å². The summed E-state index contributed by atoms with van der Waals surface area (Å²) in [5, 5.41) is 16.8. The maximum absolute atomic E-state index is 14.1. The molecule has 0 saturated carbocycles. The van der Waals surface area contributed by atoms with Gasteiger partial charge in [0.25, 0.3) is 5.91 Å². The number of benzene rings is 1. The molecule has 2 amide bonds. The number of nitrogens with zero attached hydrogens (tertiary/aromatic N) is 5. The number of halogens is 1. The molecule has 3 N–H and O–H groups in total. The van der Waals surface area contributed by atoms with Crippen LogP contribution in [0.5, 0.6) is 5.75 Å². The van der Waals surface area contributed by atoms with Gasteiger partial charge in [-0.15, -0.1) is 0 Å². The van der Waals surface area contributed by atoms with Crippen LogP contribution in [0.3, 0.4) is 0 Å². The van der Waals surface area contributed by atoms with Gasteiger partial charge in [-0.05, 0) is 31.2 Å². The van der Waals surface area contributed by atoms with Crippen LogP contribution in [0, 0.1) is 17.1 Å². The lowest BCUT2D eigenvalue weighted by Gasteiger charge is -2.24. The van der Waals surface area contributed by atoms with Crippen LogP contribution >= 0.6 is 0 Å². The smallest absolute Gasteiger partial charge is 0.254 e. The van der Waals surface area contributed by atoms with Gasteiger partial charge in [-0.2, -0.15) is 10.4 Å². The predicted octanol–water partition coefficient (Wildman–Crippen LogP) is 2.12. The number of aryl methyl sites for hydroxylation is 1. The molecule has 0 fully saturated rings. The third-order valence-corrected chi connectivity index (χ3v) is 5.53. The molecule has 2 aromatic heterocycles. The van der Waals surface area contributed by atoms with Crippen molar-refractivity contribution in [2.75, 3.05) is 18.9 Å². The molecule has 1 atom stereocenters. The third-order valence-electron chi connectivity index (χ3n) is 5.53. The zero-order chi connectivity index (χ0) is 24.6. The molecular formula is C23H22FN7O3. The fourth-order valence-corrected chi connectivity index (χ4v) is 3.89. The van der Waals surface area contributed by atoms with Crippen LogP contribution in [0.2, 0.25) is 0 Å². The van der Waals surface area contributed by atoms with Crippen LogP contribution in [0.4, 0.5) is 10.2 Å². The van der Waals surface area contributed by atoms with Gasteiger partial charge in [0.1, 0.15) is 23.7 Å². The van der Waals surface area contributed by atoms with Gasteiger partial charge in [0, 0.05) is 42.5 Å². The summed E-state index contributed by atoms with van der Waals surface area (Å²) in [6.07, 6.45) is 0.698. The highest BCUT2D eigenvalue weighted by atomic mass is 19.1. The first-order valence-electron chi connectivity index (χ1n) is 10.4. The SMILES string of the molecule is C[C@@H]1Oc2cc(cnc2NC(=O)CN)-c2c(nn(C)c2C#N)CN(C)C(=O)c2ccc(F)cc21. The highest BCUT2D eigenvalue weighted by Crippen LogP contribution is 2.36. The van der Waals surface area contributed by atoms with Crippen molar-refractivity contribution in [2.45, 2.75) is 19.6 Å². The van der Waals surface area contributed by atoms with Gasteiger partial charge >= 0.3 is 0 Å². The minimum absolute atomic E-state index is 0.0940. The van der Waals surface area contributed by atoms with Crippen LogP contribution in [0.1, 0.15) is 40.3 Å². The number of nitriles is 1. The number of hydrogen-bond acceptors (Lipinski definition) is 7. The number of fused-ring (bicyclic) bond motifs is 5. The Morgan fingerprint density at radius 1 is 1.38 bits per heavy atom. The molecule has 174 valence electrons. The summed E-state index contributed by atoms with van der Waals surface area (Å²) in [4.78, 5) is 31.0. The van der Waals surface area contributed by atoms with E-state index in [-0.39, 0.29) is 41.8 Å². The zero-order valence-corrected chi connectivity index (χ0v) is 18.8. The molecule has 1 aliphatic rings. The zero-order valence-electron chi connectivity index (χ0n) is 18.8. The molecule has 0 spiro atoms. The second kappa shape index (κ2) is 8.92. The molecule has 0 radical (unpaired) electrons. The van der Waals surface area contributed by atoms with Crippen LogP contribution in [0.15, 0.2) is 30.5 Å². The second-order valence-corrected chi connectivity index (χ2v) is 7.88. The molecule has 1 aromatic carbocycles. The minimum Gasteiger partial charge on any atom is -0.482 e. The second-order valence-electron chi connectivity index (χ2n) is 7.88. The van der Waals surface area contributed by atoms with E-state index in [0.717, 1.165) is 0 Å². The number of aromatic nitrogens is 3. The van der Waals surface area contributed by atoms with Crippen molar-refractivity contribution in [1.29, 1.82) is 5.26 Å². The van der Waals surface area contributed by atoms with Crippen LogP contribution in [-0.2, 0) is 18.4 Å². The Labute approximate surface area is 194 Å². The van der Waals surface area contributed by atoms with Crippen LogP contribution in [-0.4, -0.2) is 45.1 Å². The van der Waals surface area contributed by atoms with E-state index in [4.69, 9.17) is 10.5 Å². The Hall–Kier alpha value is -4.30. The normalized spacial score (nSPS) is 15.2. The van der Waals surface area contributed by atoms with E-state index in [1.54, 1.807) is 27.1 Å². The molecule has 11 heteroatoms. The number of nitrogens with two attached hydrogens (primary N) is 1. The monoisotopic (exact) mass is 463 g/mol. The predicted molar refractivity (Wildman–Crippen MR) is 120 cm³/mol. The summed E-state index contributed by atoms with van der Waals surface area (Å²) >= 11 is 0. The molecule has 0 saturated heterocycles. The number of pyridine rings is 1. The fraction of sp³-hybridized carbons (Fsp3) is 0.261. The number of carbonyl (C=O) groups excluding carboxylic acids is 2. The molecule has 4 rings (SSSR count). The van der Waals surface area contributed by atoms with E-state index in [2.05, 4.69) is 21.5 Å². The summed E-state index contributed by atoms with van der Waals surface area (Å²) in [5.41, 5.74) is 7.75. The lowest BCUT2D eigenvalue weighted by Crippen LogP contribution is -2.28. The standard InChI is InChI=1S/C23H22FN7O3/c1-12-16-7-14(24)4-5-15(16)23(33)30(2)11-17-21(18(8-25)31(3)29-17)13-6-19(34-12)22(27-10-13)28-20(32)9-26/h4-7,10,12H,9,11,26H2,1-3H3,(H,27,28,32)/t12-/m0/s1. The largest absolute Gasteiger partial charge is 0.482 e. The van der Waals surface area contributed by atoms with Crippen molar-refractivity contribution in [3.8, 4) is 22.9 Å². The summed E-state index contributed by atoms with van der Waals surface area (Å²) < 4.78 is 21.7. The Balaban J connectivity index is 1.97. The number of carbonyl (C=O) groups is 2. The number of amides is 2. The van der Waals surface area contributed by atoms with Gasteiger partial charge in [-0.3, -0.25) is 14.3 Å². The molecule has 1 aliphatic heterocycles. The molecule has 3 heterocycles. The minimum atomic E-state index is -0.781. The summed E-state index contributed by atoms with van der Waals surface area (Å²) in [6, 6.07) is 7.62. The quantitative estimate of drug-likeness (QED) is 0.593. The number of rotatable bonds is 2. The van der Waals surface area contributed by atoms with Crippen molar-refractivity contribution in [2.24, 2.45) is 12.8 Å². The number of hydrogen-bond donors (Lipinski definition) is 2. The molecule has 34 heavy (non-hydrogen) atoms. The first-order chi connectivity index (χ1) is 16.2. The molecule has 2 bridgehead atoms. The van der Waals surface area contributed by atoms with E-state index >= 15 is 0 Å². The van der Waals surface area contributed by atoms with E-state index in [0.29, 0.717) is 22.4 Å². The molecular weight excluding hydrogens is 441 g/mol. The molecule has 10 nitrogen and oxygen atoms in total. The number of nitrogens with one attached hydrogen (secondary N) is 1. The van der Waals surface area contributed by atoms with E-state index in [1.807, 2.05) is 0 Å². The van der Waals surface area contributed by atoms with Gasteiger partial charge in [0.2, 0.25) is 5.91 Å². The van der Waals surface area contributed by atoms with Crippen molar-refractivity contribution >= 4 is 17.6 Å². The average molecular weight is 463 g/mol. The third kappa shape index (κ3) is 4.06. The lowest BCUT2D eigenvalue weighted by atomic mass is 10.00. The van der Waals surface area contributed by atoms with E-state index in [9.17, 15) is 19.2 Å². The van der Waals surface area contributed by atoms with Crippen molar-refractivity contribution in [3.63, 3.8) is 0 Å². The van der Waals surface area contributed by atoms with Crippen molar-refractivity contribution in [1.82, 2.24) is 19.7 Å². The van der Waals surface area contributed by atoms with Gasteiger partial charge in [0.15, 0.2) is 11.6 Å².